The molecule has 1 N–H and O–H groups in total. The maximum absolute atomic E-state index is 9.00. The van der Waals surface area contributed by atoms with Crippen LogP contribution in [-0.4, -0.2) is 62.2 Å². The van der Waals surface area contributed by atoms with Gasteiger partial charge in [0.25, 0.3) is 5.97 Å². The lowest BCUT2D eigenvalue weighted by molar-refractivity contribution is -0.134. The van der Waals surface area contributed by atoms with Gasteiger partial charge in [0, 0.05) is 20.0 Å². The molecular weight excluding hydrogens is 156 g/mol. The van der Waals surface area contributed by atoms with Crippen molar-refractivity contribution in [3.63, 3.8) is 0 Å². The molecule has 0 aromatic heterocycles. The van der Waals surface area contributed by atoms with Gasteiger partial charge in [0.15, 0.2) is 0 Å². The van der Waals surface area contributed by atoms with Crippen LogP contribution < -0.4 is 0 Å². The molecule has 0 radical (unpaired) electrons. The maximum Gasteiger partial charge on any atom is 0.300 e. The van der Waals surface area contributed by atoms with Crippen molar-refractivity contribution < 1.29 is 9.90 Å². The van der Waals surface area contributed by atoms with Crippen molar-refractivity contribution in [2.45, 2.75) is 6.92 Å². The molecule has 0 bridgehead atoms. The Hall–Kier alpha value is -0.610. The van der Waals surface area contributed by atoms with Crippen molar-refractivity contribution in [1.29, 1.82) is 0 Å². The Kier molecular flexibility index (Phi) is 9.86. The van der Waals surface area contributed by atoms with E-state index in [2.05, 4.69) is 38.0 Å². The predicted octanol–water partition coefficient (Wildman–Crippen LogP) is 0.201. The van der Waals surface area contributed by atoms with Crippen molar-refractivity contribution >= 4 is 5.97 Å². The van der Waals surface area contributed by atoms with Crippen molar-refractivity contribution in [2.75, 3.05) is 41.3 Å². The molecule has 12 heavy (non-hydrogen) atoms. The summed E-state index contributed by atoms with van der Waals surface area (Å²) in [6.45, 7) is 3.38. The van der Waals surface area contributed by atoms with Crippen molar-refractivity contribution in [1.82, 2.24) is 9.80 Å². The SMILES string of the molecule is CC(=O)O.CN(C)CCN(C)C. The van der Waals surface area contributed by atoms with Crippen LogP contribution in [-0.2, 0) is 4.79 Å². The lowest BCUT2D eigenvalue weighted by atomic mass is 10.5. The van der Waals surface area contributed by atoms with Crippen molar-refractivity contribution in [3.05, 3.63) is 0 Å². The van der Waals surface area contributed by atoms with Gasteiger partial charge < -0.3 is 14.9 Å². The number of carbonyl (C=O) groups is 1. The van der Waals surface area contributed by atoms with Crippen LogP contribution in [0.4, 0.5) is 0 Å². The van der Waals surface area contributed by atoms with Crippen molar-refractivity contribution in [3.8, 4) is 0 Å². The summed E-state index contributed by atoms with van der Waals surface area (Å²) >= 11 is 0. The fourth-order valence-corrected chi connectivity index (χ4v) is 0.400. The molecule has 4 nitrogen and oxygen atoms in total. The molecule has 0 amide bonds. The van der Waals surface area contributed by atoms with Crippen LogP contribution >= 0.6 is 0 Å². The van der Waals surface area contributed by atoms with E-state index in [1.807, 2.05) is 0 Å². The van der Waals surface area contributed by atoms with Gasteiger partial charge >= 0.3 is 0 Å². The number of nitrogens with zero attached hydrogens (tertiary/aromatic N) is 2. The third kappa shape index (κ3) is 34.3. The Balaban J connectivity index is 0. The average molecular weight is 176 g/mol. The fraction of sp³-hybridized carbons (Fsp3) is 0.875. The van der Waals surface area contributed by atoms with Gasteiger partial charge in [-0.2, -0.15) is 0 Å². The van der Waals surface area contributed by atoms with Gasteiger partial charge in [0.2, 0.25) is 0 Å². The molecule has 0 aliphatic carbocycles. The molecule has 0 rings (SSSR count). The second kappa shape index (κ2) is 8.49. The topological polar surface area (TPSA) is 43.8 Å². The van der Waals surface area contributed by atoms with Crippen LogP contribution in [0.25, 0.3) is 0 Å². The zero-order valence-electron chi connectivity index (χ0n) is 8.66. The highest BCUT2D eigenvalue weighted by molar-refractivity contribution is 5.62. The number of aliphatic carboxylic acids is 1. The number of carboxylic acids is 1. The van der Waals surface area contributed by atoms with E-state index in [-0.39, 0.29) is 0 Å². The van der Waals surface area contributed by atoms with Gasteiger partial charge in [-0.05, 0) is 28.2 Å². The minimum atomic E-state index is -0.833. The molecule has 0 saturated heterocycles. The lowest BCUT2D eigenvalue weighted by Crippen LogP contribution is -2.25. The summed E-state index contributed by atoms with van der Waals surface area (Å²) in [5.41, 5.74) is 0. The summed E-state index contributed by atoms with van der Waals surface area (Å²) in [6, 6.07) is 0. The smallest absolute Gasteiger partial charge is 0.300 e. The van der Waals surface area contributed by atoms with Gasteiger partial charge in [-0.25, -0.2) is 0 Å². The van der Waals surface area contributed by atoms with E-state index in [4.69, 9.17) is 9.90 Å². The first kappa shape index (κ1) is 13.9. The molecule has 0 unspecified atom stereocenters. The van der Waals surface area contributed by atoms with Gasteiger partial charge in [-0.3, -0.25) is 4.79 Å². The molecule has 0 aromatic rings. The summed E-state index contributed by atoms with van der Waals surface area (Å²) in [6.07, 6.45) is 0. The number of rotatable bonds is 3. The largest absolute Gasteiger partial charge is 0.481 e. The standard InChI is InChI=1S/C6H16N2.C2H4O2/c1-7(2)5-6-8(3)4;1-2(3)4/h5-6H2,1-4H3;1H3,(H,3,4). The first-order valence-electron chi connectivity index (χ1n) is 3.85. The molecule has 0 aromatic carbocycles. The Morgan fingerprint density at radius 1 is 1.08 bits per heavy atom. The van der Waals surface area contributed by atoms with E-state index in [0.717, 1.165) is 20.0 Å². The Bertz CT molecular complexity index is 102. The minimum Gasteiger partial charge on any atom is -0.481 e. The van der Waals surface area contributed by atoms with Crippen molar-refractivity contribution in [2.24, 2.45) is 0 Å². The van der Waals surface area contributed by atoms with Crippen LogP contribution in [0.1, 0.15) is 6.92 Å². The molecule has 0 atom stereocenters. The van der Waals surface area contributed by atoms with Crippen LogP contribution in [0.3, 0.4) is 0 Å². The quantitative estimate of drug-likeness (QED) is 0.667. The molecule has 0 heterocycles. The Labute approximate surface area is 74.8 Å². The zero-order chi connectivity index (χ0) is 10.1. The van der Waals surface area contributed by atoms with E-state index < -0.39 is 5.97 Å². The summed E-state index contributed by atoms with van der Waals surface area (Å²) < 4.78 is 0. The summed E-state index contributed by atoms with van der Waals surface area (Å²) in [4.78, 5) is 13.4. The zero-order valence-corrected chi connectivity index (χ0v) is 8.66. The highest BCUT2D eigenvalue weighted by Crippen LogP contribution is 1.76. The van der Waals surface area contributed by atoms with E-state index in [9.17, 15) is 0 Å². The van der Waals surface area contributed by atoms with E-state index in [1.165, 1.54) is 0 Å². The predicted molar refractivity (Wildman–Crippen MR) is 50.4 cm³/mol. The molecule has 0 aliphatic rings. The fourth-order valence-electron chi connectivity index (χ4n) is 0.400. The number of hydrogen-bond acceptors (Lipinski definition) is 3. The number of carboxylic acid groups (broad SMARTS) is 1. The number of likely N-dealkylation sites (N-methyl/N-ethyl adjacent to an activating group) is 2. The van der Waals surface area contributed by atoms with Crippen LogP contribution in [0.15, 0.2) is 0 Å². The van der Waals surface area contributed by atoms with E-state index in [1.54, 1.807) is 0 Å². The van der Waals surface area contributed by atoms with E-state index in [0.29, 0.717) is 0 Å². The third-order valence-electron chi connectivity index (χ3n) is 0.994. The van der Waals surface area contributed by atoms with Crippen LogP contribution in [0, 0.1) is 0 Å². The molecule has 0 saturated carbocycles. The first-order chi connectivity index (χ1) is 5.36. The van der Waals surface area contributed by atoms with Gasteiger partial charge in [-0.1, -0.05) is 0 Å². The second-order valence-corrected chi connectivity index (χ2v) is 3.13. The van der Waals surface area contributed by atoms with Crippen LogP contribution in [0.5, 0.6) is 0 Å². The van der Waals surface area contributed by atoms with Crippen LogP contribution in [0.2, 0.25) is 0 Å². The average Bonchev–Trinajstić information content (AvgIpc) is 1.82. The normalized spacial score (nSPS) is 9.58. The lowest BCUT2D eigenvalue weighted by Gasteiger charge is -2.13. The second-order valence-electron chi connectivity index (χ2n) is 3.13. The first-order valence-corrected chi connectivity index (χ1v) is 3.85. The molecule has 0 spiro atoms. The summed E-state index contributed by atoms with van der Waals surface area (Å²) in [7, 11) is 8.35. The summed E-state index contributed by atoms with van der Waals surface area (Å²) in [5, 5.41) is 7.42. The van der Waals surface area contributed by atoms with Gasteiger partial charge in [0.1, 0.15) is 0 Å². The third-order valence-corrected chi connectivity index (χ3v) is 0.994. The molecular formula is C8H20N2O2. The molecule has 4 heteroatoms. The Morgan fingerprint density at radius 3 is 1.33 bits per heavy atom. The molecule has 74 valence electrons. The van der Waals surface area contributed by atoms with Gasteiger partial charge in [-0.15, -0.1) is 0 Å². The highest BCUT2D eigenvalue weighted by atomic mass is 16.4. The van der Waals surface area contributed by atoms with Gasteiger partial charge in [0.05, 0.1) is 0 Å². The highest BCUT2D eigenvalue weighted by Gasteiger charge is 1.89. The molecule has 0 fully saturated rings. The number of hydrogen-bond donors (Lipinski definition) is 1. The minimum absolute atomic E-state index is 0.833. The summed E-state index contributed by atoms with van der Waals surface area (Å²) in [5.74, 6) is -0.833. The van der Waals surface area contributed by atoms with E-state index >= 15 is 0 Å². The Morgan fingerprint density at radius 2 is 1.25 bits per heavy atom. The monoisotopic (exact) mass is 176 g/mol. The maximum atomic E-state index is 9.00. The molecule has 0 aliphatic heterocycles.